The lowest BCUT2D eigenvalue weighted by Gasteiger charge is -2.08. The monoisotopic (exact) mass is 475 g/mol. The van der Waals surface area contributed by atoms with Crippen LogP contribution in [0.5, 0.6) is 5.75 Å². The number of aromatic nitrogens is 2. The Balaban J connectivity index is 1.31. The highest BCUT2D eigenvalue weighted by Crippen LogP contribution is 2.27. The Morgan fingerprint density at radius 2 is 1.79 bits per heavy atom. The normalized spacial score (nSPS) is 10.5. The van der Waals surface area contributed by atoms with Gasteiger partial charge in [0.25, 0.3) is 5.89 Å². The maximum Gasteiger partial charge on any atom is 0.339 e. The maximum atomic E-state index is 12.9. The number of halogens is 1. The lowest BCUT2D eigenvalue weighted by atomic mass is 10.2. The SMILES string of the molecule is N#Cc1ccc(CSc2ccccc2C(=O)OCc2nc(COc3ccc(F)cc3)no2)cc1. The molecule has 0 saturated heterocycles. The van der Waals surface area contributed by atoms with Crippen molar-refractivity contribution in [1.29, 1.82) is 5.26 Å². The number of hydrogen-bond donors (Lipinski definition) is 0. The van der Waals surface area contributed by atoms with E-state index in [1.165, 1.54) is 36.0 Å². The van der Waals surface area contributed by atoms with Crippen molar-refractivity contribution in [2.75, 3.05) is 0 Å². The van der Waals surface area contributed by atoms with Gasteiger partial charge in [0.05, 0.1) is 17.2 Å². The van der Waals surface area contributed by atoms with Gasteiger partial charge in [0.2, 0.25) is 5.82 Å². The Morgan fingerprint density at radius 1 is 1.03 bits per heavy atom. The molecule has 170 valence electrons. The Labute approximate surface area is 199 Å². The Hall–Kier alpha value is -4.16. The van der Waals surface area contributed by atoms with Crippen molar-refractivity contribution < 1.29 is 23.2 Å². The molecule has 0 fully saturated rings. The lowest BCUT2D eigenvalue weighted by Crippen LogP contribution is -2.07. The van der Waals surface area contributed by atoms with Gasteiger partial charge in [-0.3, -0.25) is 0 Å². The van der Waals surface area contributed by atoms with E-state index < -0.39 is 5.97 Å². The summed E-state index contributed by atoms with van der Waals surface area (Å²) in [6, 6.07) is 22.1. The van der Waals surface area contributed by atoms with Gasteiger partial charge < -0.3 is 14.0 Å². The molecule has 0 amide bonds. The van der Waals surface area contributed by atoms with E-state index in [1.807, 2.05) is 24.3 Å². The van der Waals surface area contributed by atoms with Crippen LogP contribution >= 0.6 is 11.8 Å². The molecule has 1 aromatic heterocycles. The molecular weight excluding hydrogens is 457 g/mol. The van der Waals surface area contributed by atoms with Gasteiger partial charge >= 0.3 is 5.97 Å². The van der Waals surface area contributed by atoms with Crippen LogP contribution in [0.4, 0.5) is 4.39 Å². The number of rotatable bonds is 9. The van der Waals surface area contributed by atoms with Gasteiger partial charge in [0, 0.05) is 10.6 Å². The number of carbonyl (C=O) groups excluding carboxylic acids is 1. The summed E-state index contributed by atoms with van der Waals surface area (Å²) in [5.74, 6) is 0.643. The summed E-state index contributed by atoms with van der Waals surface area (Å²) in [6.45, 7) is -0.158. The van der Waals surface area contributed by atoms with Crippen LogP contribution < -0.4 is 4.74 Å². The van der Waals surface area contributed by atoms with Crippen LogP contribution in [0.3, 0.4) is 0 Å². The van der Waals surface area contributed by atoms with Gasteiger partial charge in [-0.15, -0.1) is 11.8 Å². The molecule has 4 rings (SSSR count). The highest BCUT2D eigenvalue weighted by atomic mass is 32.2. The van der Waals surface area contributed by atoms with Crippen LogP contribution in [-0.2, 0) is 23.7 Å². The van der Waals surface area contributed by atoms with E-state index in [0.717, 1.165) is 10.5 Å². The van der Waals surface area contributed by atoms with Crippen LogP contribution in [-0.4, -0.2) is 16.1 Å². The van der Waals surface area contributed by atoms with Crippen LogP contribution in [0, 0.1) is 17.1 Å². The predicted octanol–water partition coefficient (Wildman–Crippen LogP) is 5.31. The van der Waals surface area contributed by atoms with Gasteiger partial charge in [-0.05, 0) is 54.1 Å². The fourth-order valence-electron chi connectivity index (χ4n) is 2.89. The Morgan fingerprint density at radius 3 is 2.56 bits per heavy atom. The summed E-state index contributed by atoms with van der Waals surface area (Å²) in [5.41, 5.74) is 2.07. The van der Waals surface area contributed by atoms with Gasteiger partial charge in [-0.1, -0.05) is 29.4 Å². The number of ether oxygens (including phenoxy) is 2. The third kappa shape index (κ3) is 6.21. The second-order valence-corrected chi connectivity index (χ2v) is 8.03. The molecule has 34 heavy (non-hydrogen) atoms. The Bertz CT molecular complexity index is 1300. The first kappa shape index (κ1) is 23.0. The highest BCUT2D eigenvalue weighted by molar-refractivity contribution is 7.98. The molecule has 0 bridgehead atoms. The number of carbonyl (C=O) groups is 1. The molecule has 0 N–H and O–H groups in total. The standard InChI is InChI=1S/C25H18FN3O4S/c26-19-9-11-20(12-10-19)31-14-23-28-24(33-29-23)15-32-25(30)21-3-1-2-4-22(21)34-16-18-7-5-17(13-27)6-8-18/h1-12H,14-16H2. The molecule has 9 heteroatoms. The molecule has 1 heterocycles. The molecular formula is C25H18FN3O4S. The number of hydrogen-bond acceptors (Lipinski definition) is 8. The van der Waals surface area contributed by atoms with Gasteiger partial charge in [-0.2, -0.15) is 10.2 Å². The fraction of sp³-hybridized carbons (Fsp3) is 0.120. The summed E-state index contributed by atoms with van der Waals surface area (Å²) in [4.78, 5) is 17.6. The first-order valence-corrected chi connectivity index (χ1v) is 11.2. The molecule has 0 aliphatic heterocycles. The van der Waals surface area contributed by atoms with Crippen molar-refractivity contribution >= 4 is 17.7 Å². The van der Waals surface area contributed by atoms with E-state index in [4.69, 9.17) is 19.3 Å². The predicted molar refractivity (Wildman–Crippen MR) is 121 cm³/mol. The summed E-state index contributed by atoms with van der Waals surface area (Å²) in [5, 5.41) is 12.7. The molecule has 7 nitrogen and oxygen atoms in total. The van der Waals surface area contributed by atoms with Crippen LogP contribution in [0.1, 0.15) is 33.2 Å². The smallest absolute Gasteiger partial charge is 0.339 e. The molecule has 0 radical (unpaired) electrons. The minimum absolute atomic E-state index is 0.0257. The zero-order valence-corrected chi connectivity index (χ0v) is 18.6. The first-order valence-electron chi connectivity index (χ1n) is 10.2. The first-order chi connectivity index (χ1) is 16.6. The van der Waals surface area contributed by atoms with Crippen molar-refractivity contribution in [2.45, 2.75) is 23.9 Å². The zero-order valence-electron chi connectivity index (χ0n) is 17.8. The van der Waals surface area contributed by atoms with E-state index in [0.29, 0.717) is 22.6 Å². The average molecular weight is 476 g/mol. The van der Waals surface area contributed by atoms with Crippen LogP contribution in [0.25, 0.3) is 0 Å². The fourth-order valence-corrected chi connectivity index (χ4v) is 3.89. The number of nitriles is 1. The van der Waals surface area contributed by atoms with Crippen LogP contribution in [0.15, 0.2) is 82.2 Å². The third-order valence-corrected chi connectivity index (χ3v) is 5.75. The summed E-state index contributed by atoms with van der Waals surface area (Å²) >= 11 is 1.50. The average Bonchev–Trinajstić information content (AvgIpc) is 3.34. The Kier molecular flexibility index (Phi) is 7.53. The highest BCUT2D eigenvalue weighted by Gasteiger charge is 2.15. The van der Waals surface area contributed by atoms with Crippen LogP contribution in [0.2, 0.25) is 0 Å². The lowest BCUT2D eigenvalue weighted by molar-refractivity contribution is 0.0425. The molecule has 3 aromatic carbocycles. The summed E-state index contributed by atoms with van der Waals surface area (Å²) in [7, 11) is 0. The minimum Gasteiger partial charge on any atom is -0.485 e. The number of nitrogens with zero attached hydrogens (tertiary/aromatic N) is 3. The molecule has 0 saturated carbocycles. The van der Waals surface area contributed by atoms with E-state index in [2.05, 4.69) is 16.2 Å². The van der Waals surface area contributed by atoms with Crippen molar-refractivity contribution in [3.63, 3.8) is 0 Å². The van der Waals surface area contributed by atoms with E-state index in [9.17, 15) is 9.18 Å². The van der Waals surface area contributed by atoms with Crippen molar-refractivity contribution in [3.05, 3.63) is 107 Å². The van der Waals surface area contributed by atoms with E-state index in [-0.39, 0.29) is 30.7 Å². The number of benzene rings is 3. The summed E-state index contributed by atoms with van der Waals surface area (Å²) < 4.78 is 28.9. The van der Waals surface area contributed by atoms with Crippen molar-refractivity contribution in [2.24, 2.45) is 0 Å². The van der Waals surface area contributed by atoms with Gasteiger partial charge in [0.1, 0.15) is 11.6 Å². The second kappa shape index (κ2) is 11.1. The molecule has 0 spiro atoms. The molecule has 0 unspecified atom stereocenters. The third-order valence-electron chi connectivity index (χ3n) is 4.60. The summed E-state index contributed by atoms with van der Waals surface area (Å²) in [6.07, 6.45) is 0. The molecule has 0 atom stereocenters. The molecule has 0 aliphatic rings. The van der Waals surface area contributed by atoms with E-state index in [1.54, 1.807) is 24.3 Å². The number of esters is 1. The quantitative estimate of drug-likeness (QED) is 0.237. The van der Waals surface area contributed by atoms with Gasteiger partial charge in [0.15, 0.2) is 13.2 Å². The maximum absolute atomic E-state index is 12.9. The zero-order chi connectivity index (χ0) is 23.8. The van der Waals surface area contributed by atoms with Gasteiger partial charge in [-0.25, -0.2) is 9.18 Å². The van der Waals surface area contributed by atoms with Crippen molar-refractivity contribution in [3.8, 4) is 11.8 Å². The van der Waals surface area contributed by atoms with Crippen molar-refractivity contribution in [1.82, 2.24) is 10.1 Å². The molecule has 4 aromatic rings. The minimum atomic E-state index is -0.509. The topological polar surface area (TPSA) is 98.2 Å². The molecule has 0 aliphatic carbocycles. The number of thioether (sulfide) groups is 1. The largest absolute Gasteiger partial charge is 0.485 e. The van der Waals surface area contributed by atoms with E-state index >= 15 is 0 Å². The second-order valence-electron chi connectivity index (χ2n) is 7.02.